The number of hydrogen-bond acceptors (Lipinski definition) is 5. The van der Waals surface area contributed by atoms with Crippen LogP contribution in [0.4, 0.5) is 8.78 Å². The summed E-state index contributed by atoms with van der Waals surface area (Å²) in [5.74, 6) is -0.864. The first-order chi connectivity index (χ1) is 15.5. The molecule has 0 unspecified atom stereocenters. The molecule has 1 fully saturated rings. The van der Waals surface area contributed by atoms with Crippen LogP contribution in [0.15, 0.2) is 48.5 Å². The lowest BCUT2D eigenvalue weighted by atomic mass is 10.0. The molecule has 4 aromatic rings. The summed E-state index contributed by atoms with van der Waals surface area (Å²) in [6.45, 7) is 1.04. The first-order valence-corrected chi connectivity index (χ1v) is 11.1. The molecule has 0 aliphatic carbocycles. The highest BCUT2D eigenvalue weighted by Gasteiger charge is 2.27. The maximum absolute atomic E-state index is 13.9. The molecule has 1 saturated heterocycles. The van der Waals surface area contributed by atoms with Gasteiger partial charge in [0.1, 0.15) is 23.2 Å². The topological polar surface area (TPSA) is 51.7 Å². The quantitative estimate of drug-likeness (QED) is 0.413. The number of thiazole rings is 1. The van der Waals surface area contributed by atoms with Gasteiger partial charge in [0.25, 0.3) is 11.1 Å². The standard InChI is InChI=1S/C24H20F2N2O3S/c1-30-20-11-15-5-3-2-4-14(15)10-18(20)23(29)28-8-6-17(7-9-28)31-24-27-22-19(26)12-16(25)13-21(22)32-24/h2-5,10-13,17H,6-9H2,1H3. The van der Waals surface area contributed by atoms with E-state index in [0.29, 0.717) is 47.1 Å². The molecule has 164 valence electrons. The fourth-order valence-electron chi connectivity index (χ4n) is 4.03. The molecule has 5 nitrogen and oxygen atoms in total. The van der Waals surface area contributed by atoms with Crippen LogP contribution in [0.2, 0.25) is 0 Å². The molecule has 0 bridgehead atoms. The Kier molecular flexibility index (Phi) is 5.38. The van der Waals surface area contributed by atoms with E-state index >= 15 is 0 Å². The van der Waals surface area contributed by atoms with Gasteiger partial charge in [-0.05, 0) is 29.0 Å². The van der Waals surface area contributed by atoms with Gasteiger partial charge in [0, 0.05) is 32.0 Å². The monoisotopic (exact) mass is 454 g/mol. The lowest BCUT2D eigenvalue weighted by molar-refractivity contribution is 0.0592. The highest BCUT2D eigenvalue weighted by molar-refractivity contribution is 7.20. The summed E-state index contributed by atoms with van der Waals surface area (Å²) in [6.07, 6.45) is 1.09. The molecule has 0 N–H and O–H groups in total. The number of halogens is 2. The van der Waals surface area contributed by atoms with Crippen molar-refractivity contribution in [2.24, 2.45) is 0 Å². The van der Waals surface area contributed by atoms with E-state index in [2.05, 4.69) is 4.98 Å². The Balaban J connectivity index is 1.28. The molecule has 0 saturated carbocycles. The number of amides is 1. The summed E-state index contributed by atoms with van der Waals surface area (Å²) < 4.78 is 39.1. The van der Waals surface area contributed by atoms with Gasteiger partial charge in [0.15, 0.2) is 5.82 Å². The Morgan fingerprint density at radius 2 is 1.81 bits per heavy atom. The second-order valence-electron chi connectivity index (χ2n) is 7.72. The van der Waals surface area contributed by atoms with Gasteiger partial charge < -0.3 is 14.4 Å². The molecule has 1 aliphatic heterocycles. The van der Waals surface area contributed by atoms with E-state index in [-0.39, 0.29) is 17.5 Å². The highest BCUT2D eigenvalue weighted by atomic mass is 32.1. The number of benzene rings is 3. The Hall–Kier alpha value is -3.26. The maximum Gasteiger partial charge on any atom is 0.274 e. The van der Waals surface area contributed by atoms with Gasteiger partial charge in [-0.25, -0.2) is 8.78 Å². The molecule has 32 heavy (non-hydrogen) atoms. The lowest BCUT2D eigenvalue weighted by Gasteiger charge is -2.32. The van der Waals surface area contributed by atoms with Crippen LogP contribution >= 0.6 is 11.3 Å². The van der Waals surface area contributed by atoms with Crippen LogP contribution < -0.4 is 9.47 Å². The molecule has 0 spiro atoms. The second kappa shape index (κ2) is 8.35. The van der Waals surface area contributed by atoms with Gasteiger partial charge in [-0.3, -0.25) is 4.79 Å². The second-order valence-corrected chi connectivity index (χ2v) is 8.72. The van der Waals surface area contributed by atoms with E-state index in [9.17, 15) is 13.6 Å². The van der Waals surface area contributed by atoms with E-state index in [1.807, 2.05) is 36.4 Å². The molecule has 1 aliphatic rings. The van der Waals surface area contributed by atoms with Crippen molar-refractivity contribution in [3.8, 4) is 10.9 Å². The Bertz CT molecular complexity index is 1320. The molecule has 5 rings (SSSR count). The fourth-order valence-corrected chi connectivity index (χ4v) is 4.95. The largest absolute Gasteiger partial charge is 0.496 e. The van der Waals surface area contributed by atoms with E-state index in [4.69, 9.17) is 9.47 Å². The Morgan fingerprint density at radius 3 is 2.53 bits per heavy atom. The number of aromatic nitrogens is 1. The van der Waals surface area contributed by atoms with Crippen LogP contribution in [0.3, 0.4) is 0 Å². The number of hydrogen-bond donors (Lipinski definition) is 0. The molecule has 1 aromatic heterocycles. The van der Waals surface area contributed by atoms with Crippen LogP contribution in [-0.2, 0) is 0 Å². The molecule has 1 amide bonds. The van der Waals surface area contributed by atoms with Gasteiger partial charge in [0.05, 0.1) is 17.4 Å². The first-order valence-electron chi connectivity index (χ1n) is 10.3. The van der Waals surface area contributed by atoms with E-state index < -0.39 is 11.6 Å². The minimum Gasteiger partial charge on any atom is -0.496 e. The van der Waals surface area contributed by atoms with Gasteiger partial charge in [-0.2, -0.15) is 4.98 Å². The van der Waals surface area contributed by atoms with Crippen LogP contribution in [0.25, 0.3) is 21.0 Å². The fraction of sp³-hybridized carbons (Fsp3) is 0.250. The number of nitrogens with zero attached hydrogens (tertiary/aromatic N) is 2. The summed E-state index contributed by atoms with van der Waals surface area (Å²) in [5, 5.41) is 2.31. The maximum atomic E-state index is 13.9. The van der Waals surface area contributed by atoms with Crippen LogP contribution in [-0.4, -0.2) is 42.1 Å². The zero-order chi connectivity index (χ0) is 22.2. The number of methoxy groups -OCH3 is 1. The number of likely N-dealkylation sites (tertiary alicyclic amines) is 1. The van der Waals surface area contributed by atoms with Gasteiger partial charge in [0.2, 0.25) is 0 Å². The zero-order valence-electron chi connectivity index (χ0n) is 17.3. The Morgan fingerprint density at radius 1 is 1.09 bits per heavy atom. The van der Waals surface area contributed by atoms with Crippen LogP contribution in [0, 0.1) is 11.6 Å². The van der Waals surface area contributed by atoms with Crippen molar-refractivity contribution in [2.45, 2.75) is 18.9 Å². The van der Waals surface area contributed by atoms with Crippen molar-refractivity contribution in [3.63, 3.8) is 0 Å². The van der Waals surface area contributed by atoms with Crippen LogP contribution in [0.1, 0.15) is 23.2 Å². The molecular weight excluding hydrogens is 434 g/mol. The van der Waals surface area contributed by atoms with Gasteiger partial charge in [-0.1, -0.05) is 35.6 Å². The van der Waals surface area contributed by atoms with E-state index in [1.165, 1.54) is 6.07 Å². The number of rotatable bonds is 4. The molecule has 3 aromatic carbocycles. The summed E-state index contributed by atoms with van der Waals surface area (Å²) in [7, 11) is 1.56. The van der Waals surface area contributed by atoms with Gasteiger partial charge in [-0.15, -0.1) is 0 Å². The number of carbonyl (C=O) groups is 1. The SMILES string of the molecule is COc1cc2ccccc2cc1C(=O)N1CCC(Oc2nc3c(F)cc(F)cc3s2)CC1. The van der Waals surface area contributed by atoms with Crippen molar-refractivity contribution in [2.75, 3.05) is 20.2 Å². The average Bonchev–Trinajstić information content (AvgIpc) is 3.20. The minimum atomic E-state index is -0.698. The number of piperidine rings is 1. The normalized spacial score (nSPS) is 14.8. The first kappa shape index (κ1) is 20.6. The minimum absolute atomic E-state index is 0.0800. The summed E-state index contributed by atoms with van der Waals surface area (Å²) in [5.41, 5.74) is 0.650. The summed E-state index contributed by atoms with van der Waals surface area (Å²) in [6, 6.07) is 13.7. The summed E-state index contributed by atoms with van der Waals surface area (Å²) >= 11 is 1.12. The molecule has 8 heteroatoms. The van der Waals surface area contributed by atoms with Crippen molar-refractivity contribution >= 4 is 38.2 Å². The molecule has 2 heterocycles. The lowest BCUT2D eigenvalue weighted by Crippen LogP contribution is -2.41. The molecular formula is C24H20F2N2O3S. The van der Waals surface area contributed by atoms with Crippen molar-refractivity contribution in [3.05, 3.63) is 65.7 Å². The highest BCUT2D eigenvalue weighted by Crippen LogP contribution is 2.32. The van der Waals surface area contributed by atoms with E-state index in [1.54, 1.807) is 12.0 Å². The molecule has 0 atom stereocenters. The zero-order valence-corrected chi connectivity index (χ0v) is 18.1. The van der Waals surface area contributed by atoms with Crippen molar-refractivity contribution in [1.82, 2.24) is 9.88 Å². The predicted octanol–water partition coefficient (Wildman–Crippen LogP) is 5.42. The summed E-state index contributed by atoms with van der Waals surface area (Å²) in [4.78, 5) is 19.1. The third-order valence-corrected chi connectivity index (χ3v) is 6.58. The predicted molar refractivity (Wildman–Crippen MR) is 120 cm³/mol. The molecule has 0 radical (unpaired) electrons. The smallest absolute Gasteiger partial charge is 0.274 e. The van der Waals surface area contributed by atoms with Crippen molar-refractivity contribution < 1.29 is 23.0 Å². The third kappa shape index (κ3) is 3.86. The van der Waals surface area contributed by atoms with Crippen LogP contribution in [0.5, 0.6) is 10.9 Å². The number of fused-ring (bicyclic) bond motifs is 2. The number of carbonyl (C=O) groups excluding carboxylic acids is 1. The Labute approximate surface area is 187 Å². The third-order valence-electron chi connectivity index (χ3n) is 5.69. The average molecular weight is 454 g/mol. The number of ether oxygens (including phenoxy) is 2. The van der Waals surface area contributed by atoms with E-state index in [0.717, 1.165) is 28.2 Å². The van der Waals surface area contributed by atoms with Gasteiger partial charge >= 0.3 is 0 Å². The van der Waals surface area contributed by atoms with Crippen molar-refractivity contribution in [1.29, 1.82) is 0 Å².